The van der Waals surface area contributed by atoms with E-state index in [2.05, 4.69) is 10.2 Å². The van der Waals surface area contributed by atoms with Crippen LogP contribution in [0, 0.1) is 0 Å². The van der Waals surface area contributed by atoms with Crippen molar-refractivity contribution in [2.24, 2.45) is 0 Å². The first-order chi connectivity index (χ1) is 7.66. The Hall–Kier alpha value is -0.130. The van der Waals surface area contributed by atoms with E-state index in [1.165, 1.54) is 11.3 Å². The van der Waals surface area contributed by atoms with Gasteiger partial charge in [-0.15, -0.1) is 11.3 Å². The monoisotopic (exact) mass is 278 g/mol. The highest BCUT2D eigenvalue weighted by Crippen LogP contribution is 2.31. The molecule has 0 aromatic carbocycles. The minimum absolute atomic E-state index is 0.0510. The Kier molecular flexibility index (Phi) is 4.21. The van der Waals surface area contributed by atoms with Crippen molar-refractivity contribution in [2.45, 2.75) is 0 Å². The predicted octanol–water partition coefficient (Wildman–Crippen LogP) is 2.14. The third kappa shape index (κ3) is 2.96. The number of hydrogen-bond donors (Lipinski definition) is 1. The second-order valence-electron chi connectivity index (χ2n) is 3.69. The summed E-state index contributed by atoms with van der Waals surface area (Å²) in [5, 5.41) is 3.25. The Balaban J connectivity index is 1.99. The molecule has 1 N–H and O–H groups in total. The van der Waals surface area contributed by atoms with E-state index in [1.54, 1.807) is 6.07 Å². The van der Waals surface area contributed by atoms with Crippen molar-refractivity contribution in [3.8, 4) is 0 Å². The fourth-order valence-electron chi connectivity index (χ4n) is 1.69. The summed E-state index contributed by atoms with van der Waals surface area (Å²) in [6.45, 7) is 4.10. The molecule has 1 fully saturated rings. The van der Waals surface area contributed by atoms with Crippen LogP contribution in [0.15, 0.2) is 6.07 Å². The van der Waals surface area contributed by atoms with E-state index in [1.807, 2.05) is 0 Å². The zero-order valence-electron chi connectivity index (χ0n) is 8.63. The van der Waals surface area contributed by atoms with E-state index < -0.39 is 0 Å². The number of rotatable bonds is 3. The summed E-state index contributed by atoms with van der Waals surface area (Å²) >= 11 is 13.0. The number of nitrogens with one attached hydrogen (secondary N) is 1. The maximum Gasteiger partial charge on any atom is 0.179 e. The molecule has 1 aromatic rings. The molecule has 1 aliphatic rings. The van der Waals surface area contributed by atoms with Gasteiger partial charge >= 0.3 is 0 Å². The Morgan fingerprint density at radius 2 is 2.12 bits per heavy atom. The van der Waals surface area contributed by atoms with Crippen LogP contribution >= 0.6 is 34.5 Å². The molecule has 1 aromatic heterocycles. The van der Waals surface area contributed by atoms with E-state index in [0.717, 1.165) is 26.2 Å². The van der Waals surface area contributed by atoms with Gasteiger partial charge < -0.3 is 5.32 Å². The molecule has 0 spiro atoms. The lowest BCUT2D eigenvalue weighted by atomic mass is 10.2. The third-order valence-corrected chi connectivity index (χ3v) is 4.02. The van der Waals surface area contributed by atoms with Crippen molar-refractivity contribution in [3.63, 3.8) is 0 Å². The summed E-state index contributed by atoms with van der Waals surface area (Å²) in [6, 6.07) is 1.65. The lowest BCUT2D eigenvalue weighted by molar-refractivity contribution is 0.0922. The van der Waals surface area contributed by atoms with E-state index in [-0.39, 0.29) is 5.78 Å². The molecular formula is C10H12Cl2N2OS. The lowest BCUT2D eigenvalue weighted by Crippen LogP contribution is -2.45. The van der Waals surface area contributed by atoms with Crippen LogP contribution in [0.25, 0.3) is 0 Å². The largest absolute Gasteiger partial charge is 0.314 e. The number of piperazine rings is 1. The molecular weight excluding hydrogens is 267 g/mol. The molecule has 6 heteroatoms. The number of nitrogens with zero attached hydrogens (tertiary/aromatic N) is 1. The first kappa shape index (κ1) is 12.3. The smallest absolute Gasteiger partial charge is 0.179 e. The maximum atomic E-state index is 11.9. The van der Waals surface area contributed by atoms with Crippen LogP contribution in [0.4, 0.5) is 0 Å². The van der Waals surface area contributed by atoms with Crippen molar-refractivity contribution in [1.29, 1.82) is 0 Å². The zero-order valence-corrected chi connectivity index (χ0v) is 11.0. The predicted molar refractivity (Wildman–Crippen MR) is 68.0 cm³/mol. The highest BCUT2D eigenvalue weighted by atomic mass is 35.5. The average Bonchev–Trinajstić information content (AvgIpc) is 2.59. The Morgan fingerprint density at radius 1 is 1.44 bits per heavy atom. The molecule has 16 heavy (non-hydrogen) atoms. The molecule has 88 valence electrons. The highest BCUT2D eigenvalue weighted by Gasteiger charge is 2.18. The van der Waals surface area contributed by atoms with Gasteiger partial charge in [0.05, 0.1) is 16.4 Å². The van der Waals surface area contributed by atoms with Crippen LogP contribution in [0.1, 0.15) is 10.4 Å². The van der Waals surface area contributed by atoms with Crippen LogP contribution in [0.5, 0.6) is 0 Å². The van der Waals surface area contributed by atoms with Gasteiger partial charge in [0.25, 0.3) is 0 Å². The topological polar surface area (TPSA) is 32.3 Å². The summed E-state index contributed by atoms with van der Waals surface area (Å²) in [6.07, 6.45) is 0. The Bertz CT molecular complexity index is 388. The zero-order chi connectivity index (χ0) is 11.5. The number of halogens is 2. The highest BCUT2D eigenvalue weighted by molar-refractivity contribution is 7.20. The molecule has 0 amide bonds. The molecule has 0 atom stereocenters. The molecule has 2 heterocycles. The van der Waals surface area contributed by atoms with Gasteiger partial charge in [0.15, 0.2) is 5.78 Å². The maximum absolute atomic E-state index is 11.9. The Morgan fingerprint density at radius 3 is 2.69 bits per heavy atom. The van der Waals surface area contributed by atoms with Gasteiger partial charge in [-0.1, -0.05) is 23.2 Å². The number of carbonyl (C=O) groups excluding carboxylic acids is 1. The normalized spacial score (nSPS) is 17.6. The van der Waals surface area contributed by atoms with Gasteiger partial charge in [0.1, 0.15) is 4.34 Å². The number of thiophene rings is 1. The van der Waals surface area contributed by atoms with Crippen LogP contribution < -0.4 is 5.32 Å². The van der Waals surface area contributed by atoms with Crippen LogP contribution in [0.2, 0.25) is 8.67 Å². The van der Waals surface area contributed by atoms with Crippen molar-refractivity contribution >= 4 is 40.3 Å². The second-order valence-corrected chi connectivity index (χ2v) is 5.97. The first-order valence-electron chi connectivity index (χ1n) is 5.08. The van der Waals surface area contributed by atoms with Gasteiger partial charge in [-0.2, -0.15) is 0 Å². The summed E-state index contributed by atoms with van der Waals surface area (Å²) in [5.74, 6) is 0.0510. The summed E-state index contributed by atoms with van der Waals surface area (Å²) in [4.78, 5) is 14.1. The average molecular weight is 279 g/mol. The molecule has 0 bridgehead atoms. The van der Waals surface area contributed by atoms with Gasteiger partial charge in [-0.3, -0.25) is 9.69 Å². The van der Waals surface area contributed by atoms with Crippen molar-refractivity contribution < 1.29 is 4.79 Å². The van der Waals surface area contributed by atoms with Crippen LogP contribution in [0.3, 0.4) is 0 Å². The fourth-order valence-corrected chi connectivity index (χ4v) is 3.19. The first-order valence-corrected chi connectivity index (χ1v) is 6.65. The minimum Gasteiger partial charge on any atom is -0.314 e. The van der Waals surface area contributed by atoms with Crippen LogP contribution in [-0.2, 0) is 0 Å². The molecule has 0 saturated carbocycles. The molecule has 0 aliphatic carbocycles. The number of Topliss-reactive ketones (excluding diaryl/α,β-unsaturated/α-hetero) is 1. The second kappa shape index (κ2) is 5.47. The van der Waals surface area contributed by atoms with Gasteiger partial charge in [0, 0.05) is 26.2 Å². The van der Waals surface area contributed by atoms with E-state index in [9.17, 15) is 4.79 Å². The van der Waals surface area contributed by atoms with E-state index in [4.69, 9.17) is 23.2 Å². The van der Waals surface area contributed by atoms with Crippen LogP contribution in [-0.4, -0.2) is 43.4 Å². The molecule has 1 saturated heterocycles. The van der Waals surface area contributed by atoms with E-state index in [0.29, 0.717) is 20.8 Å². The number of hydrogen-bond acceptors (Lipinski definition) is 4. The molecule has 2 rings (SSSR count). The lowest BCUT2D eigenvalue weighted by Gasteiger charge is -2.26. The number of carbonyl (C=O) groups is 1. The van der Waals surface area contributed by atoms with Crippen molar-refractivity contribution in [3.05, 3.63) is 20.3 Å². The van der Waals surface area contributed by atoms with Crippen molar-refractivity contribution in [1.82, 2.24) is 10.2 Å². The molecule has 1 aliphatic heterocycles. The fraction of sp³-hybridized carbons (Fsp3) is 0.500. The standard InChI is InChI=1S/C10H12Cl2N2OS/c11-9-5-7(10(12)16-9)8(15)6-14-3-1-13-2-4-14/h5,13H,1-4,6H2. The van der Waals surface area contributed by atoms with E-state index >= 15 is 0 Å². The van der Waals surface area contributed by atoms with Gasteiger partial charge in [-0.25, -0.2) is 0 Å². The van der Waals surface area contributed by atoms with Gasteiger partial charge in [0.2, 0.25) is 0 Å². The molecule has 0 radical (unpaired) electrons. The summed E-state index contributed by atoms with van der Waals surface area (Å²) in [7, 11) is 0. The third-order valence-electron chi connectivity index (χ3n) is 2.53. The number of ketones is 1. The summed E-state index contributed by atoms with van der Waals surface area (Å²) in [5.41, 5.74) is 0.551. The molecule has 3 nitrogen and oxygen atoms in total. The van der Waals surface area contributed by atoms with Crippen molar-refractivity contribution in [2.75, 3.05) is 32.7 Å². The SMILES string of the molecule is O=C(CN1CCNCC1)c1cc(Cl)sc1Cl. The summed E-state index contributed by atoms with van der Waals surface area (Å²) < 4.78 is 1.05. The minimum atomic E-state index is 0.0510. The molecule has 0 unspecified atom stereocenters. The van der Waals surface area contributed by atoms with Gasteiger partial charge in [-0.05, 0) is 6.07 Å². The quantitative estimate of drug-likeness (QED) is 0.860. The Labute approximate surface area is 108 Å².